The predicted octanol–water partition coefficient (Wildman–Crippen LogP) is 4.67. The average Bonchev–Trinajstić information content (AvgIpc) is 2.85. The van der Waals surface area contributed by atoms with Crippen molar-refractivity contribution in [2.75, 3.05) is 19.6 Å². The molecule has 7 heteroatoms. The largest absolute Gasteiger partial charge is 0.497 e. The summed E-state index contributed by atoms with van der Waals surface area (Å²) >= 11 is 0. The molecule has 0 atom stereocenters. The molecule has 154 valence electrons. The SMILES string of the molecule is COc1ccc(/C=N/Nc2nnc(-c3ccccc3)c(-c3ccccc3)n2)c(OC)c1. The van der Waals surface area contributed by atoms with E-state index in [4.69, 9.17) is 9.47 Å². The Bertz CT molecular complexity index is 1180. The van der Waals surface area contributed by atoms with Gasteiger partial charge in [0.1, 0.15) is 22.9 Å². The minimum atomic E-state index is 0.294. The molecule has 0 unspecified atom stereocenters. The molecule has 7 nitrogen and oxygen atoms in total. The second-order valence-electron chi connectivity index (χ2n) is 6.54. The molecule has 0 aliphatic rings. The third kappa shape index (κ3) is 4.67. The number of hydrazone groups is 1. The second-order valence-corrected chi connectivity index (χ2v) is 6.54. The number of nitrogens with zero attached hydrogens (tertiary/aromatic N) is 4. The number of rotatable bonds is 7. The summed E-state index contributed by atoms with van der Waals surface area (Å²) in [5.74, 6) is 1.65. The number of ether oxygens (including phenoxy) is 2. The zero-order valence-corrected chi connectivity index (χ0v) is 17.2. The van der Waals surface area contributed by atoms with Crippen LogP contribution in [0.3, 0.4) is 0 Å². The van der Waals surface area contributed by atoms with Crippen molar-refractivity contribution >= 4 is 12.2 Å². The molecule has 0 saturated carbocycles. The summed E-state index contributed by atoms with van der Waals surface area (Å²) in [6, 6.07) is 25.2. The summed E-state index contributed by atoms with van der Waals surface area (Å²) in [5, 5.41) is 12.9. The number of hydrogen-bond donors (Lipinski definition) is 1. The van der Waals surface area contributed by atoms with Crippen molar-refractivity contribution in [3.05, 3.63) is 84.4 Å². The first-order chi connectivity index (χ1) is 15.3. The third-order valence-corrected chi connectivity index (χ3v) is 4.59. The molecule has 0 aliphatic carbocycles. The lowest BCUT2D eigenvalue weighted by Crippen LogP contribution is -2.03. The minimum absolute atomic E-state index is 0.294. The summed E-state index contributed by atoms with van der Waals surface area (Å²) in [6.45, 7) is 0. The summed E-state index contributed by atoms with van der Waals surface area (Å²) in [4.78, 5) is 4.67. The van der Waals surface area contributed by atoms with Gasteiger partial charge in [0.2, 0.25) is 0 Å². The van der Waals surface area contributed by atoms with E-state index < -0.39 is 0 Å². The molecule has 1 N–H and O–H groups in total. The summed E-state index contributed by atoms with van der Waals surface area (Å²) < 4.78 is 10.6. The number of nitrogens with one attached hydrogen (secondary N) is 1. The first-order valence-corrected chi connectivity index (χ1v) is 9.65. The van der Waals surface area contributed by atoms with Crippen LogP contribution in [0.5, 0.6) is 11.5 Å². The van der Waals surface area contributed by atoms with Gasteiger partial charge < -0.3 is 9.47 Å². The van der Waals surface area contributed by atoms with Gasteiger partial charge in [-0.3, -0.25) is 0 Å². The van der Waals surface area contributed by atoms with Crippen LogP contribution in [0.1, 0.15) is 5.56 Å². The van der Waals surface area contributed by atoms with E-state index in [0.29, 0.717) is 23.1 Å². The van der Waals surface area contributed by atoms with Crippen molar-refractivity contribution < 1.29 is 9.47 Å². The lowest BCUT2D eigenvalue weighted by atomic mass is 10.0. The topological polar surface area (TPSA) is 81.5 Å². The molecule has 0 bridgehead atoms. The van der Waals surface area contributed by atoms with Crippen LogP contribution >= 0.6 is 0 Å². The first-order valence-electron chi connectivity index (χ1n) is 9.65. The Kier molecular flexibility index (Phi) is 6.13. The van der Waals surface area contributed by atoms with E-state index >= 15 is 0 Å². The van der Waals surface area contributed by atoms with Crippen molar-refractivity contribution in [3.8, 4) is 34.0 Å². The molecular formula is C24H21N5O2. The van der Waals surface area contributed by atoms with Crippen LogP contribution in [0.2, 0.25) is 0 Å². The van der Waals surface area contributed by atoms with E-state index in [-0.39, 0.29) is 0 Å². The molecule has 0 radical (unpaired) electrons. The Balaban J connectivity index is 1.64. The number of methoxy groups -OCH3 is 2. The van der Waals surface area contributed by atoms with Crippen LogP contribution in [-0.4, -0.2) is 35.6 Å². The summed E-state index contributed by atoms with van der Waals surface area (Å²) in [7, 11) is 3.21. The van der Waals surface area contributed by atoms with Gasteiger partial charge in [-0.15, -0.1) is 10.2 Å². The normalized spacial score (nSPS) is 10.8. The molecule has 1 heterocycles. The maximum absolute atomic E-state index is 5.39. The van der Waals surface area contributed by atoms with Crippen molar-refractivity contribution in [1.29, 1.82) is 0 Å². The Hall–Kier alpha value is -4.26. The zero-order valence-electron chi connectivity index (χ0n) is 17.2. The first kappa shape index (κ1) is 20.0. The van der Waals surface area contributed by atoms with E-state index in [0.717, 1.165) is 22.4 Å². The quantitative estimate of drug-likeness (QED) is 0.352. The maximum Gasteiger partial charge on any atom is 0.263 e. The minimum Gasteiger partial charge on any atom is -0.497 e. The molecule has 3 aromatic carbocycles. The van der Waals surface area contributed by atoms with Gasteiger partial charge in [0.25, 0.3) is 5.95 Å². The molecule has 1 aromatic heterocycles. The van der Waals surface area contributed by atoms with Crippen LogP contribution < -0.4 is 14.9 Å². The predicted molar refractivity (Wildman–Crippen MR) is 121 cm³/mol. The standard InChI is InChI=1S/C24H21N5O2/c1-30-20-14-13-19(21(15-20)31-2)16-25-28-24-26-22(17-9-5-3-6-10-17)23(27-29-24)18-11-7-4-8-12-18/h3-16H,1-2H3,(H,26,28,29)/b25-16+. The number of hydrogen-bond acceptors (Lipinski definition) is 7. The molecule has 0 amide bonds. The van der Waals surface area contributed by atoms with Crippen molar-refractivity contribution in [3.63, 3.8) is 0 Å². The lowest BCUT2D eigenvalue weighted by Gasteiger charge is -2.09. The fourth-order valence-electron chi connectivity index (χ4n) is 3.05. The number of benzene rings is 3. The van der Waals surface area contributed by atoms with E-state index in [1.807, 2.05) is 72.8 Å². The van der Waals surface area contributed by atoms with E-state index in [1.165, 1.54) is 0 Å². The molecule has 31 heavy (non-hydrogen) atoms. The van der Waals surface area contributed by atoms with Crippen molar-refractivity contribution in [2.45, 2.75) is 0 Å². The molecular weight excluding hydrogens is 390 g/mol. The smallest absolute Gasteiger partial charge is 0.263 e. The van der Waals surface area contributed by atoms with Crippen LogP contribution in [0.25, 0.3) is 22.5 Å². The zero-order chi connectivity index (χ0) is 21.5. The van der Waals surface area contributed by atoms with Gasteiger partial charge in [0, 0.05) is 22.8 Å². The van der Waals surface area contributed by atoms with Gasteiger partial charge in [-0.1, -0.05) is 60.7 Å². The van der Waals surface area contributed by atoms with E-state index in [2.05, 4.69) is 25.7 Å². The molecule has 0 fully saturated rings. The Morgan fingerprint density at radius 1 is 0.774 bits per heavy atom. The Morgan fingerprint density at radius 2 is 1.45 bits per heavy atom. The lowest BCUT2D eigenvalue weighted by molar-refractivity contribution is 0.394. The number of aromatic nitrogens is 3. The van der Waals surface area contributed by atoms with Gasteiger partial charge in [-0.2, -0.15) is 5.10 Å². The van der Waals surface area contributed by atoms with Crippen LogP contribution in [0.15, 0.2) is 84.0 Å². The van der Waals surface area contributed by atoms with Gasteiger partial charge in [-0.25, -0.2) is 10.4 Å². The van der Waals surface area contributed by atoms with E-state index in [9.17, 15) is 0 Å². The third-order valence-electron chi connectivity index (χ3n) is 4.59. The van der Waals surface area contributed by atoms with Crippen molar-refractivity contribution in [1.82, 2.24) is 15.2 Å². The maximum atomic E-state index is 5.39. The van der Waals surface area contributed by atoms with Crippen LogP contribution in [0, 0.1) is 0 Å². The van der Waals surface area contributed by atoms with Gasteiger partial charge in [0.05, 0.1) is 20.4 Å². The van der Waals surface area contributed by atoms with Gasteiger partial charge in [-0.05, 0) is 12.1 Å². The second kappa shape index (κ2) is 9.49. The van der Waals surface area contributed by atoms with Crippen LogP contribution in [-0.2, 0) is 0 Å². The highest BCUT2D eigenvalue weighted by atomic mass is 16.5. The highest BCUT2D eigenvalue weighted by Gasteiger charge is 2.13. The fraction of sp³-hybridized carbons (Fsp3) is 0.0833. The van der Waals surface area contributed by atoms with Crippen molar-refractivity contribution in [2.24, 2.45) is 5.10 Å². The molecule has 0 aliphatic heterocycles. The fourth-order valence-corrected chi connectivity index (χ4v) is 3.05. The monoisotopic (exact) mass is 411 g/mol. The molecule has 4 aromatic rings. The number of anilines is 1. The van der Waals surface area contributed by atoms with Crippen LogP contribution in [0.4, 0.5) is 5.95 Å². The molecule has 4 rings (SSSR count). The molecule has 0 spiro atoms. The molecule has 0 saturated heterocycles. The van der Waals surface area contributed by atoms with E-state index in [1.54, 1.807) is 26.5 Å². The Labute approximate surface area is 180 Å². The average molecular weight is 411 g/mol. The van der Waals surface area contributed by atoms with Gasteiger partial charge in [0.15, 0.2) is 0 Å². The summed E-state index contributed by atoms with van der Waals surface area (Å²) in [6.07, 6.45) is 1.63. The van der Waals surface area contributed by atoms with Gasteiger partial charge >= 0.3 is 0 Å². The highest BCUT2D eigenvalue weighted by Crippen LogP contribution is 2.28. The summed E-state index contributed by atoms with van der Waals surface area (Å²) in [5.41, 5.74) is 6.96. The highest BCUT2D eigenvalue weighted by molar-refractivity contribution is 5.84. The Morgan fingerprint density at radius 3 is 2.10 bits per heavy atom.